The van der Waals surface area contributed by atoms with Crippen LogP contribution < -0.4 is 5.73 Å². The molecule has 1 aromatic heterocycles. The summed E-state index contributed by atoms with van der Waals surface area (Å²) in [4.78, 5) is 2.54. The first-order valence-corrected chi connectivity index (χ1v) is 5.00. The molecule has 0 saturated carbocycles. The maximum absolute atomic E-state index is 13.6. The summed E-state index contributed by atoms with van der Waals surface area (Å²) in [6, 6.07) is 0. The van der Waals surface area contributed by atoms with Crippen LogP contribution in [-0.4, -0.2) is 4.98 Å². The van der Waals surface area contributed by atoms with Crippen LogP contribution in [0.1, 0.15) is 0 Å². The monoisotopic (exact) mass is 314 g/mol. The van der Waals surface area contributed by atoms with Gasteiger partial charge < -0.3 is 5.73 Å². The minimum absolute atomic E-state index is 1.31. The number of aromatic nitrogens is 1. The highest BCUT2D eigenvalue weighted by molar-refractivity contribution is 5.69. The van der Waals surface area contributed by atoms with Crippen molar-refractivity contribution in [1.82, 2.24) is 4.98 Å². The Balaban J connectivity index is 3.00. The van der Waals surface area contributed by atoms with Crippen molar-refractivity contribution < 1.29 is 35.1 Å². The lowest BCUT2D eigenvalue weighted by atomic mass is 10.0. The van der Waals surface area contributed by atoms with E-state index in [1.54, 1.807) is 0 Å². The predicted molar refractivity (Wildman–Crippen MR) is 53.7 cm³/mol. The van der Waals surface area contributed by atoms with Gasteiger partial charge in [0.15, 0.2) is 40.7 Å². The zero-order chi connectivity index (χ0) is 16.1. The molecule has 1 heterocycles. The number of pyridine rings is 1. The second-order valence-electron chi connectivity index (χ2n) is 3.74. The smallest absolute Gasteiger partial charge is 0.251 e. The Labute approximate surface area is 110 Å². The largest absolute Gasteiger partial charge is 0.381 e. The molecule has 21 heavy (non-hydrogen) atoms. The molecular weight excluding hydrogens is 312 g/mol. The van der Waals surface area contributed by atoms with Crippen molar-refractivity contribution in [3.05, 3.63) is 46.7 Å². The molecule has 0 fully saturated rings. The Morgan fingerprint density at radius 2 is 0.905 bits per heavy atom. The summed E-state index contributed by atoms with van der Waals surface area (Å²) in [5.74, 6) is -20.1. The summed E-state index contributed by atoms with van der Waals surface area (Å²) >= 11 is 0. The maximum Gasteiger partial charge on any atom is 0.251 e. The van der Waals surface area contributed by atoms with Gasteiger partial charge in [-0.3, -0.25) is 0 Å². The van der Waals surface area contributed by atoms with Crippen molar-refractivity contribution in [1.29, 1.82) is 0 Å². The molecular formula is C11H2F8N2. The first-order valence-electron chi connectivity index (χ1n) is 5.00. The van der Waals surface area contributed by atoms with E-state index >= 15 is 0 Å². The highest BCUT2D eigenvalue weighted by atomic mass is 19.2. The van der Waals surface area contributed by atoms with Gasteiger partial charge >= 0.3 is 0 Å². The summed E-state index contributed by atoms with van der Waals surface area (Å²) in [7, 11) is 0. The highest BCUT2D eigenvalue weighted by Crippen LogP contribution is 2.36. The molecule has 0 aliphatic heterocycles. The van der Waals surface area contributed by atoms with Crippen molar-refractivity contribution in [2.75, 3.05) is 5.73 Å². The first-order chi connectivity index (χ1) is 9.68. The third kappa shape index (κ3) is 2.06. The van der Waals surface area contributed by atoms with Crippen molar-refractivity contribution in [2.24, 2.45) is 0 Å². The number of hydrogen-bond donors (Lipinski definition) is 1. The number of benzene rings is 1. The first kappa shape index (κ1) is 15.0. The standard InChI is InChI=1S/C11H2F8N2/c12-3-1(4(13)8(17)9(18)7(3)16)2-5(14)10(19)21-11(20)6(2)15/h(H2,20,21). The van der Waals surface area contributed by atoms with Crippen molar-refractivity contribution in [3.8, 4) is 11.1 Å². The SMILES string of the molecule is Nc1nc(F)c(F)c(-c2c(F)c(F)c(F)c(F)c2F)c1F. The molecule has 2 rings (SSSR count). The van der Waals surface area contributed by atoms with Crippen LogP contribution in [0.2, 0.25) is 0 Å². The average Bonchev–Trinajstić information content (AvgIpc) is 2.44. The van der Waals surface area contributed by atoms with E-state index in [1.807, 2.05) is 0 Å². The number of hydrogen-bond acceptors (Lipinski definition) is 2. The second-order valence-corrected chi connectivity index (χ2v) is 3.74. The van der Waals surface area contributed by atoms with Gasteiger partial charge in [-0.15, -0.1) is 0 Å². The van der Waals surface area contributed by atoms with Gasteiger partial charge in [-0.05, 0) is 0 Å². The van der Waals surface area contributed by atoms with Gasteiger partial charge in [-0.1, -0.05) is 0 Å². The minimum Gasteiger partial charge on any atom is -0.381 e. The number of nitrogens with two attached hydrogens (primary N) is 1. The van der Waals surface area contributed by atoms with E-state index in [1.165, 1.54) is 0 Å². The Bertz CT molecular complexity index is 704. The molecule has 0 bridgehead atoms. The lowest BCUT2D eigenvalue weighted by Crippen LogP contribution is -2.10. The molecule has 0 atom stereocenters. The summed E-state index contributed by atoms with van der Waals surface area (Å²) in [6.45, 7) is 0. The molecule has 0 amide bonds. The third-order valence-electron chi connectivity index (χ3n) is 2.52. The average molecular weight is 314 g/mol. The van der Waals surface area contributed by atoms with E-state index in [-0.39, 0.29) is 0 Å². The van der Waals surface area contributed by atoms with Crippen LogP contribution in [0.5, 0.6) is 0 Å². The maximum atomic E-state index is 13.6. The van der Waals surface area contributed by atoms with Crippen LogP contribution in [-0.2, 0) is 0 Å². The molecule has 0 unspecified atom stereocenters. The molecule has 10 heteroatoms. The van der Waals surface area contributed by atoms with E-state index in [2.05, 4.69) is 4.98 Å². The zero-order valence-electron chi connectivity index (χ0n) is 9.55. The van der Waals surface area contributed by atoms with E-state index in [0.717, 1.165) is 0 Å². The lowest BCUT2D eigenvalue weighted by Gasteiger charge is -2.11. The van der Waals surface area contributed by atoms with Crippen LogP contribution in [0, 0.1) is 46.7 Å². The molecule has 2 nitrogen and oxygen atoms in total. The molecule has 112 valence electrons. The fourth-order valence-corrected chi connectivity index (χ4v) is 1.58. The quantitative estimate of drug-likeness (QED) is 0.379. The van der Waals surface area contributed by atoms with Crippen LogP contribution in [0.15, 0.2) is 0 Å². The Kier molecular flexibility index (Phi) is 3.47. The number of rotatable bonds is 1. The van der Waals surface area contributed by atoms with Gasteiger partial charge in [-0.25, -0.2) is 30.7 Å². The fourth-order valence-electron chi connectivity index (χ4n) is 1.58. The van der Waals surface area contributed by atoms with Gasteiger partial charge in [0.05, 0.1) is 11.1 Å². The third-order valence-corrected chi connectivity index (χ3v) is 2.52. The molecule has 0 saturated heterocycles. The van der Waals surface area contributed by atoms with Crippen LogP contribution >= 0.6 is 0 Å². The van der Waals surface area contributed by atoms with Crippen molar-refractivity contribution >= 4 is 5.82 Å². The van der Waals surface area contributed by atoms with Crippen LogP contribution in [0.4, 0.5) is 40.9 Å². The molecule has 2 aromatic rings. The van der Waals surface area contributed by atoms with Crippen molar-refractivity contribution in [3.63, 3.8) is 0 Å². The molecule has 1 aromatic carbocycles. The predicted octanol–water partition coefficient (Wildman–Crippen LogP) is 3.44. The lowest BCUT2D eigenvalue weighted by molar-refractivity contribution is 0.379. The number of halogens is 8. The number of anilines is 1. The highest BCUT2D eigenvalue weighted by Gasteiger charge is 2.32. The molecule has 0 aliphatic rings. The van der Waals surface area contributed by atoms with Crippen molar-refractivity contribution in [2.45, 2.75) is 0 Å². The molecule has 0 aliphatic carbocycles. The normalized spacial score (nSPS) is 11.0. The Hall–Kier alpha value is -2.39. The van der Waals surface area contributed by atoms with E-state index in [4.69, 9.17) is 5.73 Å². The van der Waals surface area contributed by atoms with E-state index in [0.29, 0.717) is 0 Å². The number of nitrogens with zero attached hydrogens (tertiary/aromatic N) is 1. The van der Waals surface area contributed by atoms with Gasteiger partial charge in [0, 0.05) is 0 Å². The van der Waals surface area contributed by atoms with Gasteiger partial charge in [-0.2, -0.15) is 9.37 Å². The number of nitrogen functional groups attached to an aromatic ring is 1. The molecule has 0 spiro atoms. The second kappa shape index (κ2) is 4.86. The summed E-state index contributed by atoms with van der Waals surface area (Å²) in [5.41, 5.74) is 1.02. The fraction of sp³-hybridized carbons (Fsp3) is 0. The molecule has 0 radical (unpaired) electrons. The Morgan fingerprint density at radius 1 is 0.524 bits per heavy atom. The van der Waals surface area contributed by atoms with Gasteiger partial charge in [0.2, 0.25) is 5.82 Å². The van der Waals surface area contributed by atoms with Crippen LogP contribution in [0.25, 0.3) is 11.1 Å². The zero-order valence-corrected chi connectivity index (χ0v) is 9.55. The van der Waals surface area contributed by atoms with Crippen LogP contribution in [0.3, 0.4) is 0 Å². The van der Waals surface area contributed by atoms with Gasteiger partial charge in [0.25, 0.3) is 5.95 Å². The topological polar surface area (TPSA) is 38.9 Å². The summed E-state index contributed by atoms with van der Waals surface area (Å²) in [6.07, 6.45) is 0. The van der Waals surface area contributed by atoms with E-state index in [9.17, 15) is 35.1 Å². The summed E-state index contributed by atoms with van der Waals surface area (Å²) in [5, 5.41) is 0. The Morgan fingerprint density at radius 3 is 1.38 bits per heavy atom. The summed E-state index contributed by atoms with van der Waals surface area (Å²) < 4.78 is 106. The minimum atomic E-state index is -2.53. The van der Waals surface area contributed by atoms with Gasteiger partial charge in [0.1, 0.15) is 0 Å². The molecule has 2 N–H and O–H groups in total. The van der Waals surface area contributed by atoms with E-state index < -0.39 is 63.6 Å².